The number of ether oxygens (including phenoxy) is 2. The van der Waals surface area contributed by atoms with Crippen LogP contribution in [0, 0.1) is 0 Å². The van der Waals surface area contributed by atoms with Crippen LogP contribution >= 0.6 is 34.8 Å². The Morgan fingerprint density at radius 3 is 2.18 bits per heavy atom. The molecule has 28 heavy (non-hydrogen) atoms. The highest BCUT2D eigenvalue weighted by atomic mass is 35.5. The van der Waals surface area contributed by atoms with Crippen molar-refractivity contribution in [3.63, 3.8) is 0 Å². The SMILES string of the molecule is FC(F)(F)c1cnc(Oc2ccc(OCC=C(Cl)Cl)c(Cl)c2)cc1C(F)(F)F. The van der Waals surface area contributed by atoms with E-state index < -0.39 is 29.4 Å². The van der Waals surface area contributed by atoms with E-state index in [2.05, 4.69) is 4.98 Å². The lowest BCUT2D eigenvalue weighted by Gasteiger charge is -2.16. The van der Waals surface area contributed by atoms with Crippen LogP contribution in [-0.2, 0) is 12.4 Å². The Bertz CT molecular complexity index is 880. The minimum absolute atomic E-state index is 0.00232. The summed E-state index contributed by atoms with van der Waals surface area (Å²) in [7, 11) is 0. The number of nitrogens with zero attached hydrogens (tertiary/aromatic N) is 1. The molecule has 0 unspecified atom stereocenters. The fourth-order valence-corrected chi connectivity index (χ4v) is 2.28. The number of alkyl halides is 6. The monoisotopic (exact) mass is 465 g/mol. The maximum atomic E-state index is 12.9. The van der Waals surface area contributed by atoms with E-state index in [0.29, 0.717) is 0 Å². The average molecular weight is 467 g/mol. The summed E-state index contributed by atoms with van der Waals surface area (Å²) in [5.74, 6) is -0.568. The van der Waals surface area contributed by atoms with Crippen LogP contribution in [-0.4, -0.2) is 11.6 Å². The fraction of sp³-hybridized carbons (Fsp3) is 0.188. The van der Waals surface area contributed by atoms with Crippen molar-refractivity contribution in [3.8, 4) is 17.4 Å². The standard InChI is InChI=1S/C16H8Cl3F6NO2/c17-11-5-8(1-2-12(11)27-4-3-13(18)19)28-14-6-9(15(20,21)22)10(7-26-14)16(23,24)25/h1-3,5-7H,4H2. The van der Waals surface area contributed by atoms with Crippen molar-refractivity contribution >= 4 is 34.8 Å². The largest absolute Gasteiger partial charge is 0.488 e. The normalized spacial score (nSPS) is 11.9. The lowest BCUT2D eigenvalue weighted by Crippen LogP contribution is -2.17. The Morgan fingerprint density at radius 2 is 1.64 bits per heavy atom. The van der Waals surface area contributed by atoms with E-state index in [1.807, 2.05) is 0 Å². The van der Waals surface area contributed by atoms with E-state index in [9.17, 15) is 26.3 Å². The minimum atomic E-state index is -5.25. The Morgan fingerprint density at radius 1 is 1.00 bits per heavy atom. The molecule has 12 heteroatoms. The topological polar surface area (TPSA) is 31.4 Å². The van der Waals surface area contributed by atoms with Gasteiger partial charge in [-0.3, -0.25) is 0 Å². The molecule has 0 aliphatic carbocycles. The van der Waals surface area contributed by atoms with Crippen LogP contribution in [0.15, 0.2) is 41.0 Å². The number of hydrogen-bond donors (Lipinski definition) is 0. The van der Waals surface area contributed by atoms with Gasteiger partial charge in [0.1, 0.15) is 22.6 Å². The van der Waals surface area contributed by atoms with Crippen molar-refractivity contribution in [2.24, 2.45) is 0 Å². The molecule has 3 nitrogen and oxygen atoms in total. The molecule has 0 atom stereocenters. The Hall–Kier alpha value is -1.84. The highest BCUT2D eigenvalue weighted by molar-refractivity contribution is 6.55. The van der Waals surface area contributed by atoms with Crippen LogP contribution < -0.4 is 9.47 Å². The summed E-state index contributed by atoms with van der Waals surface area (Å²) in [6, 6.07) is 3.96. The highest BCUT2D eigenvalue weighted by Gasteiger charge is 2.43. The zero-order valence-corrected chi connectivity index (χ0v) is 15.6. The van der Waals surface area contributed by atoms with Gasteiger partial charge in [0.2, 0.25) is 5.88 Å². The molecule has 0 saturated heterocycles. The molecule has 0 saturated carbocycles. The summed E-state index contributed by atoms with van der Waals surface area (Å²) < 4.78 is 87.4. The van der Waals surface area contributed by atoms with Crippen LogP contribution in [0.2, 0.25) is 5.02 Å². The third-order valence-corrected chi connectivity index (χ3v) is 3.70. The molecule has 0 N–H and O–H groups in total. The second-order valence-corrected chi connectivity index (χ2v) is 6.48. The van der Waals surface area contributed by atoms with Crippen LogP contribution in [0.25, 0.3) is 0 Å². The van der Waals surface area contributed by atoms with Crippen molar-refractivity contribution in [2.75, 3.05) is 6.61 Å². The molecule has 0 fully saturated rings. The zero-order chi connectivity index (χ0) is 21.1. The second kappa shape index (κ2) is 8.67. The Kier molecular flexibility index (Phi) is 6.95. The van der Waals surface area contributed by atoms with Crippen molar-refractivity contribution in [1.29, 1.82) is 0 Å². The van der Waals surface area contributed by atoms with Gasteiger partial charge in [-0.15, -0.1) is 0 Å². The van der Waals surface area contributed by atoms with Crippen LogP contribution in [0.1, 0.15) is 11.1 Å². The van der Waals surface area contributed by atoms with Crippen molar-refractivity contribution in [3.05, 3.63) is 57.2 Å². The van der Waals surface area contributed by atoms with E-state index in [-0.39, 0.29) is 39.9 Å². The first-order chi connectivity index (χ1) is 12.9. The van der Waals surface area contributed by atoms with Gasteiger partial charge in [-0.25, -0.2) is 4.98 Å². The van der Waals surface area contributed by atoms with Gasteiger partial charge in [0.05, 0.1) is 16.1 Å². The molecule has 0 radical (unpaired) electrons. The third kappa shape index (κ3) is 6.08. The molecular formula is C16H8Cl3F6NO2. The summed E-state index contributed by atoms with van der Waals surface area (Å²) in [5, 5.41) is 0.0274. The molecule has 1 aromatic carbocycles. The van der Waals surface area contributed by atoms with Crippen LogP contribution in [0.3, 0.4) is 0 Å². The second-order valence-electron chi connectivity index (χ2n) is 5.06. The fourth-order valence-electron chi connectivity index (χ4n) is 1.93. The first kappa shape index (κ1) is 22.4. The first-order valence-electron chi connectivity index (χ1n) is 7.13. The molecule has 1 heterocycles. The van der Waals surface area contributed by atoms with Gasteiger partial charge in [-0.1, -0.05) is 34.8 Å². The smallest absolute Gasteiger partial charge is 0.418 e. The summed E-state index contributed by atoms with van der Waals surface area (Å²) in [5.41, 5.74) is -3.83. The van der Waals surface area contributed by atoms with Crippen LogP contribution in [0.4, 0.5) is 26.3 Å². The molecular weight excluding hydrogens is 459 g/mol. The molecule has 2 aromatic rings. The quantitative estimate of drug-likeness (QED) is 0.435. The maximum absolute atomic E-state index is 12.9. The maximum Gasteiger partial charge on any atom is 0.418 e. The van der Waals surface area contributed by atoms with E-state index >= 15 is 0 Å². The lowest BCUT2D eigenvalue weighted by molar-refractivity contribution is -0.162. The molecule has 0 aliphatic rings. The van der Waals surface area contributed by atoms with Crippen molar-refractivity contribution in [2.45, 2.75) is 12.4 Å². The predicted molar refractivity (Wildman–Crippen MR) is 91.1 cm³/mol. The zero-order valence-electron chi connectivity index (χ0n) is 13.3. The lowest BCUT2D eigenvalue weighted by atomic mass is 10.1. The summed E-state index contributed by atoms with van der Waals surface area (Å²) in [6.45, 7) is -0.00232. The number of benzene rings is 1. The Labute approximate surface area is 169 Å². The summed E-state index contributed by atoms with van der Waals surface area (Å²) >= 11 is 16.8. The van der Waals surface area contributed by atoms with Gasteiger partial charge in [-0.2, -0.15) is 26.3 Å². The van der Waals surface area contributed by atoms with E-state index in [4.69, 9.17) is 44.3 Å². The molecule has 0 bridgehead atoms. The van der Waals surface area contributed by atoms with E-state index in [1.165, 1.54) is 24.3 Å². The van der Waals surface area contributed by atoms with Crippen molar-refractivity contribution < 1.29 is 35.8 Å². The van der Waals surface area contributed by atoms with Gasteiger partial charge in [-0.05, 0) is 18.2 Å². The van der Waals surface area contributed by atoms with Crippen LogP contribution in [0.5, 0.6) is 17.4 Å². The number of halogens is 9. The molecule has 1 aromatic heterocycles. The van der Waals surface area contributed by atoms with Gasteiger partial charge < -0.3 is 9.47 Å². The minimum Gasteiger partial charge on any atom is -0.488 e. The number of rotatable bonds is 5. The van der Waals surface area contributed by atoms with E-state index in [1.54, 1.807) is 0 Å². The number of aromatic nitrogens is 1. The highest BCUT2D eigenvalue weighted by Crippen LogP contribution is 2.41. The first-order valence-corrected chi connectivity index (χ1v) is 8.27. The molecule has 2 rings (SSSR count). The number of hydrogen-bond acceptors (Lipinski definition) is 3. The van der Waals surface area contributed by atoms with Gasteiger partial charge in [0.15, 0.2) is 0 Å². The molecule has 0 spiro atoms. The predicted octanol–water partition coefficient (Wildman–Crippen LogP) is 7.26. The molecule has 152 valence electrons. The number of pyridine rings is 1. The van der Waals surface area contributed by atoms with Gasteiger partial charge >= 0.3 is 12.4 Å². The summed E-state index contributed by atoms with van der Waals surface area (Å²) in [6.07, 6.45) is -9.08. The third-order valence-electron chi connectivity index (χ3n) is 3.09. The van der Waals surface area contributed by atoms with Gasteiger partial charge in [0, 0.05) is 18.3 Å². The Balaban J connectivity index is 2.26. The van der Waals surface area contributed by atoms with Crippen molar-refractivity contribution in [1.82, 2.24) is 4.98 Å². The average Bonchev–Trinajstić information content (AvgIpc) is 2.55. The molecule has 0 aliphatic heterocycles. The molecule has 0 amide bonds. The van der Waals surface area contributed by atoms with Gasteiger partial charge in [0.25, 0.3) is 0 Å². The van der Waals surface area contributed by atoms with E-state index in [0.717, 1.165) is 0 Å². The summed E-state index contributed by atoms with van der Waals surface area (Å²) in [4.78, 5) is 3.28.